The summed E-state index contributed by atoms with van der Waals surface area (Å²) >= 11 is 0. The second-order valence-corrected chi connectivity index (χ2v) is 7.19. The number of anilines is 2. The van der Waals surface area contributed by atoms with Crippen LogP contribution in [0.15, 0.2) is 42.7 Å². The maximum absolute atomic E-state index is 14.1. The predicted octanol–water partition coefficient (Wildman–Crippen LogP) is 4.74. The molecule has 4 rings (SSSR count). The van der Waals surface area contributed by atoms with Crippen molar-refractivity contribution in [3.63, 3.8) is 0 Å². The van der Waals surface area contributed by atoms with Crippen LogP contribution in [0.3, 0.4) is 0 Å². The zero-order valence-corrected chi connectivity index (χ0v) is 17.5. The summed E-state index contributed by atoms with van der Waals surface area (Å²) in [5.74, 6) is -1.77. The van der Waals surface area contributed by atoms with Crippen molar-refractivity contribution in [2.45, 2.75) is 13.0 Å². The van der Waals surface area contributed by atoms with Crippen molar-refractivity contribution in [1.29, 1.82) is 5.26 Å². The van der Waals surface area contributed by atoms with Gasteiger partial charge in [-0.05, 0) is 42.8 Å². The van der Waals surface area contributed by atoms with Crippen LogP contribution in [-0.2, 0) is 0 Å². The van der Waals surface area contributed by atoms with Gasteiger partial charge in [0.05, 0.1) is 24.4 Å². The average molecular weight is 450 g/mol. The van der Waals surface area contributed by atoms with E-state index < -0.39 is 23.5 Å². The molecule has 0 aliphatic heterocycles. The summed E-state index contributed by atoms with van der Waals surface area (Å²) in [4.78, 5) is 12.5. The fraction of sp³-hybridized carbons (Fsp3) is 0.130. The fourth-order valence-electron chi connectivity index (χ4n) is 3.62. The Bertz CT molecular complexity index is 1400. The molecule has 0 bridgehead atoms. The lowest BCUT2D eigenvalue weighted by Crippen LogP contribution is -2.14. The summed E-state index contributed by atoms with van der Waals surface area (Å²) in [6, 6.07) is 8.27. The van der Waals surface area contributed by atoms with E-state index >= 15 is 0 Å². The number of fused-ring (bicyclic) bond motifs is 1. The Morgan fingerprint density at radius 3 is 2.45 bits per heavy atom. The number of rotatable bonds is 5. The van der Waals surface area contributed by atoms with Crippen molar-refractivity contribution in [2.75, 3.05) is 18.2 Å². The van der Waals surface area contributed by atoms with Crippen molar-refractivity contribution >= 4 is 22.5 Å². The number of methoxy groups -OCH3 is 1. The molecule has 2 heterocycles. The van der Waals surface area contributed by atoms with E-state index in [2.05, 4.69) is 20.3 Å². The molecule has 33 heavy (non-hydrogen) atoms. The first-order valence-electron chi connectivity index (χ1n) is 9.73. The molecule has 0 radical (unpaired) electrons. The van der Waals surface area contributed by atoms with Gasteiger partial charge in [-0.2, -0.15) is 5.26 Å². The minimum atomic E-state index is -0.798. The second-order valence-electron chi connectivity index (χ2n) is 7.19. The molecular formula is C23H17F3N6O. The van der Waals surface area contributed by atoms with Gasteiger partial charge >= 0.3 is 0 Å². The van der Waals surface area contributed by atoms with Crippen LogP contribution in [0.1, 0.15) is 24.2 Å². The van der Waals surface area contributed by atoms with Gasteiger partial charge in [0.15, 0.2) is 0 Å². The zero-order chi connectivity index (χ0) is 23.7. The highest BCUT2D eigenvalue weighted by atomic mass is 19.1. The number of halogens is 3. The highest BCUT2D eigenvalue weighted by Gasteiger charge is 2.24. The lowest BCUT2D eigenvalue weighted by atomic mass is 9.96. The third kappa shape index (κ3) is 4.08. The maximum Gasteiger partial charge on any atom is 0.150 e. The lowest BCUT2D eigenvalue weighted by Gasteiger charge is -2.22. The molecule has 0 aliphatic carbocycles. The zero-order valence-electron chi connectivity index (χ0n) is 17.5. The first-order chi connectivity index (χ1) is 15.8. The predicted molar refractivity (Wildman–Crippen MR) is 117 cm³/mol. The molecule has 2 aromatic carbocycles. The van der Waals surface area contributed by atoms with Crippen LogP contribution in [0.25, 0.3) is 22.0 Å². The van der Waals surface area contributed by atoms with E-state index in [1.54, 1.807) is 6.92 Å². The molecule has 0 fully saturated rings. The van der Waals surface area contributed by atoms with E-state index in [-0.39, 0.29) is 34.1 Å². The molecule has 4 aromatic rings. The Balaban J connectivity index is 1.98. The third-order valence-electron chi connectivity index (χ3n) is 5.03. The Labute approximate surface area is 186 Å². The van der Waals surface area contributed by atoms with Crippen molar-refractivity contribution in [3.05, 3.63) is 71.4 Å². The van der Waals surface area contributed by atoms with Gasteiger partial charge in [0.25, 0.3) is 0 Å². The molecule has 2 aromatic heterocycles. The van der Waals surface area contributed by atoms with Crippen LogP contribution in [0, 0.1) is 28.8 Å². The molecule has 0 amide bonds. The molecule has 7 nitrogen and oxygen atoms in total. The van der Waals surface area contributed by atoms with Gasteiger partial charge in [-0.15, -0.1) is 0 Å². The van der Waals surface area contributed by atoms with Gasteiger partial charge in [0.2, 0.25) is 0 Å². The summed E-state index contributed by atoms with van der Waals surface area (Å²) in [7, 11) is 1.37. The number of pyridine rings is 1. The fourth-order valence-corrected chi connectivity index (χ4v) is 3.62. The Kier molecular flexibility index (Phi) is 5.70. The van der Waals surface area contributed by atoms with Gasteiger partial charge in [-0.25, -0.2) is 28.1 Å². The van der Waals surface area contributed by atoms with Crippen LogP contribution in [0.2, 0.25) is 0 Å². The van der Waals surface area contributed by atoms with E-state index in [4.69, 9.17) is 10.5 Å². The average Bonchev–Trinajstić information content (AvgIpc) is 2.77. The van der Waals surface area contributed by atoms with Crippen LogP contribution in [-0.4, -0.2) is 22.1 Å². The van der Waals surface area contributed by atoms with Crippen molar-refractivity contribution in [2.24, 2.45) is 0 Å². The number of nitrogen functional groups attached to an aromatic ring is 1. The number of aromatic nitrogens is 3. The Morgan fingerprint density at radius 1 is 1.06 bits per heavy atom. The molecule has 10 heteroatoms. The van der Waals surface area contributed by atoms with E-state index in [0.29, 0.717) is 16.6 Å². The SMILES string of the molecule is COc1c(-c2cc(F)cc(F)c2)c(C(C)Nc2ncnc(N)c2C#N)nc2ccc(F)cc12. The number of nitriles is 1. The molecular weight excluding hydrogens is 433 g/mol. The molecule has 166 valence electrons. The minimum Gasteiger partial charge on any atom is -0.495 e. The summed E-state index contributed by atoms with van der Waals surface area (Å²) in [5.41, 5.74) is 6.95. The molecule has 0 spiro atoms. The highest BCUT2D eigenvalue weighted by Crippen LogP contribution is 2.42. The van der Waals surface area contributed by atoms with Gasteiger partial charge < -0.3 is 15.8 Å². The standard InChI is InChI=1S/C23H17F3N6O/c1-11(31-23-17(9-27)22(28)29-10-30-23)20-19(12-5-14(25)7-15(26)6-12)21(33-2)16-8-13(24)3-4-18(16)32-20/h3-8,10-11H,1-2H3,(H3,28,29,30,31). The smallest absolute Gasteiger partial charge is 0.150 e. The van der Waals surface area contributed by atoms with Gasteiger partial charge in [-0.1, -0.05) is 0 Å². The maximum atomic E-state index is 14.1. The van der Waals surface area contributed by atoms with Crippen molar-refractivity contribution in [1.82, 2.24) is 15.0 Å². The van der Waals surface area contributed by atoms with Crippen LogP contribution in [0.5, 0.6) is 5.75 Å². The Morgan fingerprint density at radius 2 is 1.79 bits per heavy atom. The van der Waals surface area contributed by atoms with E-state index in [1.807, 2.05) is 6.07 Å². The van der Waals surface area contributed by atoms with E-state index in [0.717, 1.165) is 18.2 Å². The molecule has 0 saturated heterocycles. The van der Waals surface area contributed by atoms with Gasteiger partial charge in [0, 0.05) is 17.0 Å². The largest absolute Gasteiger partial charge is 0.495 e. The van der Waals surface area contributed by atoms with Crippen LogP contribution >= 0.6 is 0 Å². The van der Waals surface area contributed by atoms with E-state index in [1.165, 1.54) is 31.6 Å². The third-order valence-corrected chi connectivity index (χ3v) is 5.03. The van der Waals surface area contributed by atoms with Crippen molar-refractivity contribution < 1.29 is 17.9 Å². The number of hydrogen-bond donors (Lipinski definition) is 2. The Hall–Kier alpha value is -4.39. The van der Waals surface area contributed by atoms with Crippen LogP contribution < -0.4 is 15.8 Å². The summed E-state index contributed by atoms with van der Waals surface area (Å²) in [5, 5.41) is 12.8. The molecule has 1 atom stereocenters. The molecule has 3 N–H and O–H groups in total. The minimum absolute atomic E-state index is 0.00542. The number of benzene rings is 2. The first-order valence-corrected chi connectivity index (χ1v) is 9.73. The first kappa shape index (κ1) is 21.8. The number of hydrogen-bond acceptors (Lipinski definition) is 7. The second kappa shape index (κ2) is 8.63. The molecule has 0 saturated carbocycles. The summed E-state index contributed by atoms with van der Waals surface area (Å²) in [6.07, 6.45) is 1.20. The molecule has 0 aliphatic rings. The van der Waals surface area contributed by atoms with Gasteiger partial charge in [0.1, 0.15) is 52.8 Å². The van der Waals surface area contributed by atoms with Gasteiger partial charge in [-0.3, -0.25) is 0 Å². The number of nitrogens with two attached hydrogens (primary N) is 1. The van der Waals surface area contributed by atoms with E-state index in [9.17, 15) is 18.4 Å². The number of nitrogens with one attached hydrogen (secondary N) is 1. The monoisotopic (exact) mass is 450 g/mol. The quantitative estimate of drug-likeness (QED) is 0.452. The topological polar surface area (TPSA) is 110 Å². The normalized spacial score (nSPS) is 11.8. The van der Waals surface area contributed by atoms with Crippen LogP contribution in [0.4, 0.5) is 24.8 Å². The summed E-state index contributed by atoms with van der Waals surface area (Å²) < 4.78 is 47.8. The summed E-state index contributed by atoms with van der Waals surface area (Å²) in [6.45, 7) is 1.72. The van der Waals surface area contributed by atoms with Crippen molar-refractivity contribution in [3.8, 4) is 22.9 Å². The highest BCUT2D eigenvalue weighted by molar-refractivity contribution is 5.94. The number of ether oxygens (including phenoxy) is 1. The number of nitrogens with zero attached hydrogens (tertiary/aromatic N) is 4. The lowest BCUT2D eigenvalue weighted by molar-refractivity contribution is 0.420. The molecule has 1 unspecified atom stereocenters.